The number of nitrogens with zero attached hydrogens (tertiary/aromatic N) is 2. The lowest BCUT2D eigenvalue weighted by molar-refractivity contribution is -0.314. The van der Waals surface area contributed by atoms with E-state index in [1.165, 1.54) is 24.0 Å². The number of benzene rings is 1. The number of aromatic nitrogens is 2. The number of ether oxygens (including phenoxy) is 2. The van der Waals surface area contributed by atoms with Gasteiger partial charge in [0.15, 0.2) is 5.79 Å². The highest BCUT2D eigenvalue weighted by atomic mass is 16.7. The van der Waals surface area contributed by atoms with Gasteiger partial charge in [-0.1, -0.05) is 71.7 Å². The van der Waals surface area contributed by atoms with Crippen molar-refractivity contribution < 1.29 is 9.47 Å². The van der Waals surface area contributed by atoms with Crippen LogP contribution < -0.4 is 0 Å². The van der Waals surface area contributed by atoms with Gasteiger partial charge in [-0.05, 0) is 35.8 Å². The summed E-state index contributed by atoms with van der Waals surface area (Å²) in [4.78, 5) is 4.21. The number of aryl methyl sites for hydroxylation is 1. The summed E-state index contributed by atoms with van der Waals surface area (Å²) in [5.74, 6) is -0.589. The first kappa shape index (κ1) is 23.0. The molecule has 166 valence electrons. The molecule has 0 radical (unpaired) electrons. The van der Waals surface area contributed by atoms with Crippen molar-refractivity contribution in [1.29, 1.82) is 0 Å². The van der Waals surface area contributed by atoms with Gasteiger partial charge in [-0.25, -0.2) is 4.98 Å². The van der Waals surface area contributed by atoms with E-state index in [-0.39, 0.29) is 10.8 Å². The number of hydrogen-bond acceptors (Lipinski definition) is 3. The largest absolute Gasteiger partial charge is 0.347 e. The van der Waals surface area contributed by atoms with Crippen molar-refractivity contribution >= 4 is 0 Å². The molecule has 0 N–H and O–H groups in total. The molecule has 0 bridgehead atoms. The van der Waals surface area contributed by atoms with Gasteiger partial charge in [0.1, 0.15) is 0 Å². The highest BCUT2D eigenvalue weighted by molar-refractivity contribution is 5.27. The van der Waals surface area contributed by atoms with E-state index < -0.39 is 5.79 Å². The van der Waals surface area contributed by atoms with Gasteiger partial charge in [0, 0.05) is 24.2 Å². The highest BCUT2D eigenvalue weighted by Gasteiger charge is 2.44. The summed E-state index contributed by atoms with van der Waals surface area (Å²) in [6.07, 6.45) is 12.1. The van der Waals surface area contributed by atoms with E-state index in [2.05, 4.69) is 68.4 Å². The predicted octanol–water partition coefficient (Wildman–Crippen LogP) is 6.14. The molecule has 0 spiro atoms. The quantitative estimate of drug-likeness (QED) is 0.496. The van der Waals surface area contributed by atoms with Crippen LogP contribution in [0.3, 0.4) is 0 Å². The molecule has 1 aliphatic rings. The molecule has 2 aromatic rings. The Hall–Kier alpha value is -1.65. The molecule has 4 nitrogen and oxygen atoms in total. The zero-order valence-corrected chi connectivity index (χ0v) is 19.6. The minimum Gasteiger partial charge on any atom is -0.347 e. The Bertz CT molecular complexity index is 743. The summed E-state index contributed by atoms with van der Waals surface area (Å²) >= 11 is 0. The fourth-order valence-corrected chi connectivity index (χ4v) is 4.61. The molecule has 2 heterocycles. The van der Waals surface area contributed by atoms with Crippen molar-refractivity contribution in [2.24, 2.45) is 5.41 Å². The molecule has 4 heteroatoms. The van der Waals surface area contributed by atoms with Crippen molar-refractivity contribution in [3.63, 3.8) is 0 Å². The van der Waals surface area contributed by atoms with Gasteiger partial charge in [0.05, 0.1) is 26.1 Å². The lowest BCUT2D eigenvalue weighted by Crippen LogP contribution is -2.52. The third-order valence-electron chi connectivity index (χ3n) is 6.44. The van der Waals surface area contributed by atoms with Gasteiger partial charge in [0.25, 0.3) is 0 Å². The molecule has 0 unspecified atom stereocenters. The lowest BCUT2D eigenvalue weighted by Gasteiger charge is -2.47. The summed E-state index contributed by atoms with van der Waals surface area (Å²) in [6, 6.07) is 9.03. The summed E-state index contributed by atoms with van der Waals surface area (Å²) < 4.78 is 15.3. The Kier molecular flexibility index (Phi) is 7.41. The molecule has 3 rings (SSSR count). The Labute approximate surface area is 183 Å². The van der Waals surface area contributed by atoms with Gasteiger partial charge >= 0.3 is 0 Å². The van der Waals surface area contributed by atoms with Crippen LogP contribution in [0.15, 0.2) is 43.0 Å². The zero-order valence-electron chi connectivity index (χ0n) is 19.6. The minimum absolute atomic E-state index is 0.163. The Morgan fingerprint density at radius 3 is 2.10 bits per heavy atom. The average molecular weight is 413 g/mol. The van der Waals surface area contributed by atoms with Crippen LogP contribution in [0.5, 0.6) is 0 Å². The minimum atomic E-state index is -0.589. The maximum absolute atomic E-state index is 6.59. The first-order valence-corrected chi connectivity index (χ1v) is 11.6. The van der Waals surface area contributed by atoms with E-state index in [9.17, 15) is 0 Å². The van der Waals surface area contributed by atoms with Crippen molar-refractivity contribution in [1.82, 2.24) is 9.55 Å². The highest BCUT2D eigenvalue weighted by Crippen LogP contribution is 2.40. The lowest BCUT2D eigenvalue weighted by atomic mass is 9.79. The summed E-state index contributed by atoms with van der Waals surface area (Å²) in [7, 11) is 0. The summed E-state index contributed by atoms with van der Waals surface area (Å²) in [5.41, 5.74) is 3.04. The van der Waals surface area contributed by atoms with Crippen LogP contribution in [0.1, 0.15) is 77.8 Å². The van der Waals surface area contributed by atoms with Gasteiger partial charge in [-0.2, -0.15) is 0 Å². The Morgan fingerprint density at radius 1 is 0.967 bits per heavy atom. The van der Waals surface area contributed by atoms with Crippen LogP contribution in [-0.2, 0) is 27.9 Å². The molecule has 1 aliphatic heterocycles. The van der Waals surface area contributed by atoms with Crippen molar-refractivity contribution in [3.8, 4) is 0 Å². The van der Waals surface area contributed by atoms with E-state index in [4.69, 9.17) is 9.47 Å². The standard InChI is InChI=1S/C26H40N2O2/c1-6-13-25(14-7-2)19-29-26(30-20-25,18-28-17-16-27-21-28)15-12-22-8-10-23(11-9-22)24(3,4)5/h8-11,16-17,21H,6-7,12-15,18-20H2,1-5H3. The maximum atomic E-state index is 6.59. The molecule has 0 saturated carbocycles. The average Bonchev–Trinajstić information content (AvgIpc) is 3.22. The van der Waals surface area contributed by atoms with Crippen LogP contribution in [-0.4, -0.2) is 28.6 Å². The van der Waals surface area contributed by atoms with Crippen molar-refractivity contribution in [2.75, 3.05) is 13.2 Å². The van der Waals surface area contributed by atoms with Gasteiger partial charge in [-0.15, -0.1) is 0 Å². The first-order valence-electron chi connectivity index (χ1n) is 11.6. The van der Waals surface area contributed by atoms with E-state index in [0.29, 0.717) is 6.54 Å². The van der Waals surface area contributed by atoms with Crippen LogP contribution in [0.25, 0.3) is 0 Å². The molecule has 0 amide bonds. The molecule has 1 aromatic heterocycles. The topological polar surface area (TPSA) is 36.3 Å². The fourth-order valence-electron chi connectivity index (χ4n) is 4.61. The van der Waals surface area contributed by atoms with Crippen LogP contribution in [0, 0.1) is 5.41 Å². The molecule has 30 heavy (non-hydrogen) atoms. The van der Waals surface area contributed by atoms with E-state index in [1.807, 2.05) is 18.7 Å². The molecule has 1 aromatic carbocycles. The summed E-state index contributed by atoms with van der Waals surface area (Å²) in [6.45, 7) is 13.5. The van der Waals surface area contributed by atoms with E-state index >= 15 is 0 Å². The number of imidazole rings is 1. The van der Waals surface area contributed by atoms with Crippen LogP contribution in [0.4, 0.5) is 0 Å². The zero-order chi connectivity index (χ0) is 21.7. The second kappa shape index (κ2) is 9.65. The first-order chi connectivity index (χ1) is 14.3. The van der Waals surface area contributed by atoms with Crippen molar-refractivity contribution in [2.45, 2.75) is 90.9 Å². The van der Waals surface area contributed by atoms with Gasteiger partial charge in [-0.3, -0.25) is 0 Å². The number of rotatable bonds is 9. The predicted molar refractivity (Wildman–Crippen MR) is 123 cm³/mol. The smallest absolute Gasteiger partial charge is 0.186 e. The van der Waals surface area contributed by atoms with Crippen LogP contribution >= 0.6 is 0 Å². The molecular formula is C26H40N2O2. The molecule has 0 atom stereocenters. The second-order valence-corrected chi connectivity index (χ2v) is 10.2. The molecular weight excluding hydrogens is 372 g/mol. The number of hydrogen-bond donors (Lipinski definition) is 0. The molecule has 1 fully saturated rings. The monoisotopic (exact) mass is 412 g/mol. The Morgan fingerprint density at radius 2 is 1.60 bits per heavy atom. The Balaban J connectivity index is 1.72. The van der Waals surface area contributed by atoms with Gasteiger partial charge in [0.2, 0.25) is 0 Å². The van der Waals surface area contributed by atoms with E-state index in [0.717, 1.165) is 38.9 Å². The molecule has 1 saturated heterocycles. The van der Waals surface area contributed by atoms with Crippen LogP contribution in [0.2, 0.25) is 0 Å². The molecule has 0 aliphatic carbocycles. The van der Waals surface area contributed by atoms with E-state index in [1.54, 1.807) is 0 Å². The summed E-state index contributed by atoms with van der Waals surface area (Å²) in [5, 5.41) is 0. The third kappa shape index (κ3) is 5.73. The fraction of sp³-hybridized carbons (Fsp3) is 0.654. The van der Waals surface area contributed by atoms with Crippen molar-refractivity contribution in [3.05, 3.63) is 54.1 Å². The normalized spacial score (nSPS) is 18.4. The maximum Gasteiger partial charge on any atom is 0.186 e. The third-order valence-corrected chi connectivity index (χ3v) is 6.44. The SMILES string of the molecule is CCCC1(CCC)COC(CCc2ccc(C(C)(C)C)cc2)(Cn2ccnc2)OC1. The second-order valence-electron chi connectivity index (χ2n) is 10.2. The van der Waals surface area contributed by atoms with Gasteiger partial charge < -0.3 is 14.0 Å².